The molecule has 1 amide bonds. The van der Waals surface area contributed by atoms with E-state index in [1.807, 2.05) is 47.0 Å². The van der Waals surface area contributed by atoms with Crippen LogP contribution < -0.4 is 4.90 Å². The summed E-state index contributed by atoms with van der Waals surface area (Å²) in [5.41, 5.74) is 2.22. The van der Waals surface area contributed by atoms with Crippen molar-refractivity contribution in [2.75, 3.05) is 31.1 Å². The van der Waals surface area contributed by atoms with Crippen LogP contribution in [-0.2, 0) is 4.79 Å². The van der Waals surface area contributed by atoms with E-state index in [9.17, 15) is 4.79 Å². The Morgan fingerprint density at radius 3 is 2.52 bits per heavy atom. The number of amides is 1. The summed E-state index contributed by atoms with van der Waals surface area (Å²) in [5, 5.41) is 0.951. The molecule has 3 nitrogen and oxygen atoms in total. The Labute approximate surface area is 159 Å². The number of nitrogens with zero attached hydrogens (tertiary/aromatic N) is 2. The Kier molecular flexibility index (Phi) is 6.05. The van der Waals surface area contributed by atoms with Crippen molar-refractivity contribution in [3.63, 3.8) is 0 Å². The van der Waals surface area contributed by atoms with Crippen LogP contribution in [0, 0.1) is 0 Å². The quantitative estimate of drug-likeness (QED) is 0.746. The lowest BCUT2D eigenvalue weighted by atomic mass is 10.1. The van der Waals surface area contributed by atoms with Crippen LogP contribution in [0.1, 0.15) is 24.7 Å². The van der Waals surface area contributed by atoms with E-state index < -0.39 is 0 Å². The van der Waals surface area contributed by atoms with E-state index >= 15 is 0 Å². The zero-order valence-electron chi connectivity index (χ0n) is 14.6. The fraction of sp³-hybridized carbons (Fsp3) is 0.350. The van der Waals surface area contributed by atoms with E-state index in [2.05, 4.69) is 36.9 Å². The first-order valence-corrected chi connectivity index (χ1v) is 9.92. The lowest BCUT2D eigenvalue weighted by molar-refractivity contribution is -0.119. The molecule has 1 aliphatic rings. The summed E-state index contributed by atoms with van der Waals surface area (Å²) < 4.78 is 0. The van der Waals surface area contributed by atoms with Crippen LogP contribution in [-0.4, -0.2) is 37.0 Å². The molecule has 3 rings (SSSR count). The molecule has 0 fully saturated rings. The maximum Gasteiger partial charge on any atom is 0.241 e. The maximum atomic E-state index is 13.0. The Balaban J connectivity index is 1.88. The van der Waals surface area contributed by atoms with Crippen molar-refractivity contribution < 1.29 is 4.79 Å². The number of likely N-dealkylation sites (N-methyl/N-ethyl adjacent to an activating group) is 1. The Bertz CT molecular complexity index is 731. The van der Waals surface area contributed by atoms with Crippen LogP contribution in [0.4, 0.5) is 5.69 Å². The fourth-order valence-electron chi connectivity index (χ4n) is 3.05. The molecule has 25 heavy (non-hydrogen) atoms. The van der Waals surface area contributed by atoms with Crippen LogP contribution in [0.25, 0.3) is 0 Å². The lowest BCUT2D eigenvalue weighted by Gasteiger charge is -2.35. The normalized spacial score (nSPS) is 16.8. The lowest BCUT2D eigenvalue weighted by Crippen LogP contribution is -2.43. The van der Waals surface area contributed by atoms with Crippen molar-refractivity contribution in [3.05, 3.63) is 59.1 Å². The highest BCUT2D eigenvalue weighted by Gasteiger charge is 2.30. The molecule has 1 heterocycles. The average molecular weight is 375 g/mol. The van der Waals surface area contributed by atoms with Gasteiger partial charge in [-0.2, -0.15) is 0 Å². The predicted octanol–water partition coefficient (Wildman–Crippen LogP) is 4.86. The van der Waals surface area contributed by atoms with Gasteiger partial charge in [0.15, 0.2) is 0 Å². The summed E-state index contributed by atoms with van der Waals surface area (Å²) in [6, 6.07) is 16.1. The van der Waals surface area contributed by atoms with E-state index in [4.69, 9.17) is 11.6 Å². The predicted molar refractivity (Wildman–Crippen MR) is 107 cm³/mol. The van der Waals surface area contributed by atoms with E-state index in [1.54, 1.807) is 0 Å². The van der Waals surface area contributed by atoms with Gasteiger partial charge in [0, 0.05) is 16.5 Å². The molecule has 0 N–H and O–H groups in total. The highest BCUT2D eigenvalue weighted by Crippen LogP contribution is 2.45. The molecule has 5 heteroatoms. The smallest absolute Gasteiger partial charge is 0.241 e. The molecule has 1 atom stereocenters. The van der Waals surface area contributed by atoms with Crippen LogP contribution in [0.5, 0.6) is 0 Å². The number of hydrogen-bond donors (Lipinski definition) is 0. The number of hydrogen-bond acceptors (Lipinski definition) is 3. The topological polar surface area (TPSA) is 23.6 Å². The second-order valence-electron chi connectivity index (χ2n) is 6.09. The van der Waals surface area contributed by atoms with E-state index in [1.165, 1.54) is 5.56 Å². The van der Waals surface area contributed by atoms with E-state index in [0.29, 0.717) is 13.1 Å². The number of rotatable bonds is 5. The van der Waals surface area contributed by atoms with Gasteiger partial charge in [-0.25, -0.2) is 0 Å². The van der Waals surface area contributed by atoms with Gasteiger partial charge in [-0.05, 0) is 42.9 Å². The molecule has 2 aromatic carbocycles. The van der Waals surface area contributed by atoms with Crippen molar-refractivity contribution in [1.82, 2.24) is 4.90 Å². The summed E-state index contributed by atoms with van der Waals surface area (Å²) in [5.74, 6) is 0.162. The first-order valence-electron chi connectivity index (χ1n) is 8.66. The van der Waals surface area contributed by atoms with Crippen molar-refractivity contribution in [2.45, 2.75) is 24.0 Å². The minimum absolute atomic E-state index is 0.162. The third-order valence-corrected chi connectivity index (χ3v) is 6.13. The molecule has 0 unspecified atom stereocenters. The number of carbonyl (C=O) groups is 1. The number of thioether (sulfide) groups is 1. The fourth-order valence-corrected chi connectivity index (χ4v) is 4.45. The number of anilines is 1. The van der Waals surface area contributed by atoms with Gasteiger partial charge >= 0.3 is 0 Å². The minimum Gasteiger partial charge on any atom is -0.309 e. The highest BCUT2D eigenvalue weighted by atomic mass is 35.5. The first kappa shape index (κ1) is 18.3. The highest BCUT2D eigenvalue weighted by molar-refractivity contribution is 7.99. The second kappa shape index (κ2) is 8.26. The minimum atomic E-state index is 0.162. The number of fused-ring (bicyclic) bond motifs is 1. The van der Waals surface area contributed by atoms with Gasteiger partial charge in [0.05, 0.1) is 17.5 Å². The van der Waals surface area contributed by atoms with Gasteiger partial charge in [0.25, 0.3) is 0 Å². The SMILES string of the molecule is CCN(CC)CC(=O)N1C[C@@H](c2ccc(Cl)cc2)Sc2ccccc21. The largest absolute Gasteiger partial charge is 0.309 e. The molecule has 0 saturated carbocycles. The number of carbonyl (C=O) groups excluding carboxylic acids is 1. The molecule has 132 valence electrons. The monoisotopic (exact) mass is 374 g/mol. The summed E-state index contributed by atoms with van der Waals surface area (Å²) in [7, 11) is 0. The van der Waals surface area contributed by atoms with Crippen LogP contribution in [0.2, 0.25) is 5.02 Å². The number of para-hydroxylation sites is 1. The average Bonchev–Trinajstić information content (AvgIpc) is 2.65. The van der Waals surface area contributed by atoms with Gasteiger partial charge in [0.2, 0.25) is 5.91 Å². The van der Waals surface area contributed by atoms with Gasteiger partial charge in [0.1, 0.15) is 0 Å². The molecule has 0 aliphatic carbocycles. The van der Waals surface area contributed by atoms with E-state index in [0.717, 1.165) is 28.7 Å². The number of halogens is 1. The van der Waals surface area contributed by atoms with Crippen molar-refractivity contribution in [3.8, 4) is 0 Å². The molecule has 0 saturated heterocycles. The van der Waals surface area contributed by atoms with Crippen molar-refractivity contribution in [2.24, 2.45) is 0 Å². The summed E-state index contributed by atoms with van der Waals surface area (Å²) in [6.45, 7) is 7.09. The number of benzene rings is 2. The van der Waals surface area contributed by atoms with Gasteiger partial charge in [-0.3, -0.25) is 9.69 Å². The second-order valence-corrected chi connectivity index (χ2v) is 7.77. The van der Waals surface area contributed by atoms with Crippen molar-refractivity contribution in [1.29, 1.82) is 0 Å². The molecule has 2 aromatic rings. The summed E-state index contributed by atoms with van der Waals surface area (Å²) in [4.78, 5) is 18.2. The molecule has 0 aromatic heterocycles. The molecule has 0 radical (unpaired) electrons. The van der Waals surface area contributed by atoms with Crippen LogP contribution in [0.15, 0.2) is 53.4 Å². The summed E-state index contributed by atoms with van der Waals surface area (Å²) >= 11 is 7.84. The summed E-state index contributed by atoms with van der Waals surface area (Å²) in [6.07, 6.45) is 0. The first-order chi connectivity index (χ1) is 12.1. The molecule has 1 aliphatic heterocycles. The maximum absolute atomic E-state index is 13.0. The van der Waals surface area contributed by atoms with Gasteiger partial charge in [-0.1, -0.05) is 49.7 Å². The Hall–Kier alpha value is -1.49. The molecular weight excluding hydrogens is 352 g/mol. The zero-order chi connectivity index (χ0) is 17.8. The zero-order valence-corrected chi connectivity index (χ0v) is 16.2. The third kappa shape index (κ3) is 4.20. The Morgan fingerprint density at radius 2 is 1.84 bits per heavy atom. The molecule has 0 bridgehead atoms. The molecular formula is C20H23ClN2OS. The molecule has 0 spiro atoms. The van der Waals surface area contributed by atoms with E-state index in [-0.39, 0.29) is 11.2 Å². The standard InChI is InChI=1S/C20H23ClN2OS/c1-3-22(4-2)14-20(24)23-13-19(15-9-11-16(21)12-10-15)25-18-8-6-5-7-17(18)23/h5-12,19H,3-4,13-14H2,1-2H3/t19-/m0/s1. The van der Waals surface area contributed by atoms with Gasteiger partial charge < -0.3 is 4.90 Å². The van der Waals surface area contributed by atoms with Crippen LogP contribution >= 0.6 is 23.4 Å². The Morgan fingerprint density at radius 1 is 1.16 bits per heavy atom. The van der Waals surface area contributed by atoms with Crippen molar-refractivity contribution >= 4 is 35.0 Å². The third-order valence-electron chi connectivity index (χ3n) is 4.57. The van der Waals surface area contributed by atoms with Crippen LogP contribution in [0.3, 0.4) is 0 Å². The van der Waals surface area contributed by atoms with Gasteiger partial charge in [-0.15, -0.1) is 11.8 Å².